The predicted molar refractivity (Wildman–Crippen MR) is 62.8 cm³/mol. The van der Waals surface area contributed by atoms with Crippen LogP contribution in [0.25, 0.3) is 0 Å². The number of hydrogen-bond acceptors (Lipinski definition) is 2. The van der Waals surface area contributed by atoms with Gasteiger partial charge in [0.05, 0.1) is 0 Å². The molecule has 82 valence electrons. The van der Waals surface area contributed by atoms with Crippen molar-refractivity contribution in [2.45, 2.75) is 45.6 Å². The minimum atomic E-state index is 0.343. The van der Waals surface area contributed by atoms with Gasteiger partial charge in [-0.15, -0.1) is 0 Å². The van der Waals surface area contributed by atoms with E-state index in [0.29, 0.717) is 12.0 Å². The van der Waals surface area contributed by atoms with Crippen molar-refractivity contribution in [2.75, 3.05) is 0 Å². The first-order valence-corrected chi connectivity index (χ1v) is 5.88. The Morgan fingerprint density at radius 1 is 1.47 bits per heavy atom. The van der Waals surface area contributed by atoms with Crippen molar-refractivity contribution >= 4 is 0 Å². The van der Waals surface area contributed by atoms with Gasteiger partial charge in [0.15, 0.2) is 0 Å². The fourth-order valence-electron chi connectivity index (χ4n) is 2.22. The van der Waals surface area contributed by atoms with Gasteiger partial charge in [0.25, 0.3) is 0 Å². The average Bonchev–Trinajstić information content (AvgIpc) is 2.17. The zero-order chi connectivity index (χ0) is 10.8. The molecule has 15 heavy (non-hydrogen) atoms. The number of nitrogens with zero attached hydrogens (tertiary/aromatic N) is 1. The Bertz CT molecular complexity index is 344. The molecule has 0 amide bonds. The number of rotatable bonds is 2. The molecular weight excluding hydrogens is 184 g/mol. The number of hydrogen-bond donors (Lipinski definition) is 1. The molecule has 0 saturated heterocycles. The summed E-state index contributed by atoms with van der Waals surface area (Å²) in [6.45, 7) is 4.47. The molecule has 2 N–H and O–H groups in total. The Labute approximate surface area is 91.9 Å². The molecule has 0 aliphatic heterocycles. The summed E-state index contributed by atoms with van der Waals surface area (Å²) in [5, 5.41) is 0. The van der Waals surface area contributed by atoms with E-state index in [2.05, 4.69) is 26.0 Å². The highest BCUT2D eigenvalue weighted by Crippen LogP contribution is 2.20. The first-order chi connectivity index (χ1) is 7.15. The Morgan fingerprint density at radius 2 is 2.27 bits per heavy atom. The molecule has 2 heteroatoms. The summed E-state index contributed by atoms with van der Waals surface area (Å²) in [6, 6.07) is 4.73. The van der Waals surface area contributed by atoms with Gasteiger partial charge in [0, 0.05) is 17.4 Å². The summed E-state index contributed by atoms with van der Waals surface area (Å²) in [5.41, 5.74) is 9.83. The fourth-order valence-corrected chi connectivity index (χ4v) is 2.22. The quantitative estimate of drug-likeness (QED) is 0.801. The molecule has 2 nitrogen and oxygen atoms in total. The van der Waals surface area contributed by atoms with Gasteiger partial charge in [-0.3, -0.25) is 4.98 Å². The third kappa shape index (κ3) is 2.57. The molecule has 0 fully saturated rings. The lowest BCUT2D eigenvalue weighted by molar-refractivity contribution is 0.560. The number of nitrogens with two attached hydrogens (primary N) is 1. The van der Waals surface area contributed by atoms with Crippen LogP contribution in [0.5, 0.6) is 0 Å². The Morgan fingerprint density at radius 3 is 3.00 bits per heavy atom. The lowest BCUT2D eigenvalue weighted by Gasteiger charge is -2.21. The highest BCUT2D eigenvalue weighted by molar-refractivity contribution is 5.26. The third-order valence-electron chi connectivity index (χ3n) is 2.98. The monoisotopic (exact) mass is 204 g/mol. The molecule has 1 atom stereocenters. The van der Waals surface area contributed by atoms with Crippen molar-refractivity contribution in [1.29, 1.82) is 0 Å². The maximum absolute atomic E-state index is 5.94. The minimum absolute atomic E-state index is 0.343. The molecule has 1 aliphatic carbocycles. The standard InChI is InChI=1S/C13H20N2/c1-9(2)7-12-5-3-10-8-11(14)4-6-13(10)15-12/h3,5,9,11H,4,6-8,14H2,1-2H3. The lowest BCUT2D eigenvalue weighted by atomic mass is 9.92. The maximum Gasteiger partial charge on any atom is 0.0440 e. The molecule has 0 radical (unpaired) electrons. The van der Waals surface area contributed by atoms with E-state index in [1.807, 2.05) is 0 Å². The topological polar surface area (TPSA) is 38.9 Å². The molecule has 1 aliphatic rings. The summed E-state index contributed by atoms with van der Waals surface area (Å²) in [5.74, 6) is 0.682. The van der Waals surface area contributed by atoms with Crippen LogP contribution in [-0.2, 0) is 19.3 Å². The molecule has 2 rings (SSSR count). The van der Waals surface area contributed by atoms with Gasteiger partial charge in [0.2, 0.25) is 0 Å². The smallest absolute Gasteiger partial charge is 0.0440 e. The van der Waals surface area contributed by atoms with Gasteiger partial charge in [-0.2, -0.15) is 0 Å². The van der Waals surface area contributed by atoms with E-state index in [1.165, 1.54) is 17.0 Å². The SMILES string of the molecule is CC(C)Cc1ccc2c(n1)CCC(N)C2. The normalized spacial score (nSPS) is 20.4. The van der Waals surface area contributed by atoms with Crippen LogP contribution < -0.4 is 5.73 Å². The van der Waals surface area contributed by atoms with Crippen LogP contribution >= 0.6 is 0 Å². The van der Waals surface area contributed by atoms with E-state index in [-0.39, 0.29) is 0 Å². The highest BCUT2D eigenvalue weighted by Gasteiger charge is 2.16. The lowest BCUT2D eigenvalue weighted by Crippen LogP contribution is -2.28. The number of fused-ring (bicyclic) bond motifs is 1. The fraction of sp³-hybridized carbons (Fsp3) is 0.615. The van der Waals surface area contributed by atoms with E-state index in [4.69, 9.17) is 10.7 Å². The first kappa shape index (κ1) is 10.6. The van der Waals surface area contributed by atoms with Gasteiger partial charge in [-0.1, -0.05) is 19.9 Å². The van der Waals surface area contributed by atoms with E-state index in [1.54, 1.807) is 0 Å². The number of aryl methyl sites for hydroxylation is 1. The van der Waals surface area contributed by atoms with Crippen LogP contribution in [0.3, 0.4) is 0 Å². The summed E-state index contributed by atoms with van der Waals surface area (Å²) in [4.78, 5) is 4.73. The molecule has 0 bridgehead atoms. The van der Waals surface area contributed by atoms with Crippen LogP contribution in [0.4, 0.5) is 0 Å². The minimum Gasteiger partial charge on any atom is -0.327 e. The van der Waals surface area contributed by atoms with Crippen LogP contribution in [0.15, 0.2) is 12.1 Å². The van der Waals surface area contributed by atoms with Crippen molar-refractivity contribution < 1.29 is 0 Å². The zero-order valence-corrected chi connectivity index (χ0v) is 9.66. The molecule has 0 spiro atoms. The molecular formula is C13H20N2. The highest BCUT2D eigenvalue weighted by atomic mass is 14.7. The second-order valence-electron chi connectivity index (χ2n) is 5.01. The Kier molecular flexibility index (Phi) is 3.06. The van der Waals surface area contributed by atoms with Gasteiger partial charge in [0.1, 0.15) is 0 Å². The summed E-state index contributed by atoms with van der Waals surface area (Å²) < 4.78 is 0. The molecule has 0 saturated carbocycles. The number of aromatic nitrogens is 1. The van der Waals surface area contributed by atoms with Gasteiger partial charge in [-0.25, -0.2) is 0 Å². The molecule has 0 aromatic carbocycles. The molecule has 1 aromatic rings. The maximum atomic E-state index is 5.94. The van der Waals surface area contributed by atoms with Crippen molar-refractivity contribution in [3.05, 3.63) is 29.1 Å². The Hall–Kier alpha value is -0.890. The molecule has 1 heterocycles. The van der Waals surface area contributed by atoms with E-state index >= 15 is 0 Å². The summed E-state index contributed by atoms with van der Waals surface area (Å²) >= 11 is 0. The first-order valence-electron chi connectivity index (χ1n) is 5.88. The predicted octanol–water partition coefficient (Wildman–Crippen LogP) is 2.10. The van der Waals surface area contributed by atoms with Crippen molar-refractivity contribution in [2.24, 2.45) is 11.7 Å². The Balaban J connectivity index is 2.19. The second kappa shape index (κ2) is 4.31. The van der Waals surface area contributed by atoms with Crippen LogP contribution in [0.1, 0.15) is 37.2 Å². The average molecular weight is 204 g/mol. The van der Waals surface area contributed by atoms with Crippen molar-refractivity contribution in [3.8, 4) is 0 Å². The molecule has 1 aromatic heterocycles. The van der Waals surface area contributed by atoms with E-state index in [9.17, 15) is 0 Å². The van der Waals surface area contributed by atoms with Crippen LogP contribution in [-0.4, -0.2) is 11.0 Å². The summed E-state index contributed by atoms with van der Waals surface area (Å²) in [6.07, 6.45) is 4.23. The molecule has 1 unspecified atom stereocenters. The van der Waals surface area contributed by atoms with Crippen LogP contribution in [0, 0.1) is 5.92 Å². The second-order valence-corrected chi connectivity index (χ2v) is 5.01. The number of pyridine rings is 1. The summed E-state index contributed by atoms with van der Waals surface area (Å²) in [7, 11) is 0. The van der Waals surface area contributed by atoms with Crippen molar-refractivity contribution in [3.63, 3.8) is 0 Å². The van der Waals surface area contributed by atoms with Gasteiger partial charge >= 0.3 is 0 Å². The largest absolute Gasteiger partial charge is 0.327 e. The van der Waals surface area contributed by atoms with E-state index in [0.717, 1.165) is 25.7 Å². The van der Waals surface area contributed by atoms with E-state index < -0.39 is 0 Å². The van der Waals surface area contributed by atoms with Crippen LogP contribution in [0.2, 0.25) is 0 Å². The zero-order valence-electron chi connectivity index (χ0n) is 9.66. The van der Waals surface area contributed by atoms with Crippen molar-refractivity contribution in [1.82, 2.24) is 4.98 Å². The van der Waals surface area contributed by atoms with Gasteiger partial charge in [-0.05, 0) is 43.2 Å². The third-order valence-corrected chi connectivity index (χ3v) is 2.98. The van der Waals surface area contributed by atoms with Gasteiger partial charge < -0.3 is 5.73 Å².